The van der Waals surface area contributed by atoms with E-state index in [9.17, 15) is 14.4 Å². The Bertz CT molecular complexity index is 981. The van der Waals surface area contributed by atoms with Crippen LogP contribution in [-0.2, 0) is 9.53 Å². The van der Waals surface area contributed by atoms with E-state index in [1.54, 1.807) is 31.4 Å². The first-order chi connectivity index (χ1) is 13.1. The van der Waals surface area contributed by atoms with Gasteiger partial charge in [-0.2, -0.15) is 0 Å². The van der Waals surface area contributed by atoms with E-state index in [4.69, 9.17) is 13.9 Å². The van der Waals surface area contributed by atoms with E-state index in [0.29, 0.717) is 16.7 Å². The van der Waals surface area contributed by atoms with Gasteiger partial charge in [0.2, 0.25) is 0 Å². The number of carbonyl (C=O) groups is 3. The number of rotatable bonds is 5. The zero-order valence-electron chi connectivity index (χ0n) is 14.4. The number of ether oxygens (including phenoxy) is 2. The Morgan fingerprint density at radius 3 is 2.44 bits per heavy atom. The first-order valence-corrected chi connectivity index (χ1v) is 7.95. The van der Waals surface area contributed by atoms with Crippen LogP contribution in [0.4, 0.5) is 0 Å². The Hall–Kier alpha value is -3.81. The van der Waals surface area contributed by atoms with Gasteiger partial charge in [0.25, 0.3) is 5.91 Å². The fourth-order valence-electron chi connectivity index (χ4n) is 2.47. The van der Waals surface area contributed by atoms with Crippen molar-refractivity contribution in [1.82, 2.24) is 10.9 Å². The molecule has 0 saturated carbocycles. The fraction of sp³-hybridized carbons (Fsp3) is 0.105. The van der Waals surface area contributed by atoms with Crippen LogP contribution in [0.3, 0.4) is 0 Å². The molecule has 8 nitrogen and oxygen atoms in total. The van der Waals surface area contributed by atoms with Crippen LogP contribution in [0.25, 0.3) is 10.8 Å². The molecule has 3 aromatic rings. The number of esters is 1. The molecular weight excluding hydrogens is 352 g/mol. The minimum atomic E-state index is -0.693. The normalized spacial score (nSPS) is 10.3. The molecule has 1 heterocycles. The minimum Gasteiger partial charge on any atom is -0.496 e. The summed E-state index contributed by atoms with van der Waals surface area (Å²) >= 11 is 0. The number of methoxy groups -OCH3 is 1. The van der Waals surface area contributed by atoms with E-state index in [1.807, 2.05) is 12.1 Å². The van der Waals surface area contributed by atoms with Crippen LogP contribution in [0.2, 0.25) is 0 Å². The highest BCUT2D eigenvalue weighted by Crippen LogP contribution is 2.28. The molecule has 2 N–H and O–H groups in total. The molecule has 0 aliphatic rings. The SMILES string of the molecule is COc1ccc(C(=O)OCC(=O)NNC(=O)c2ccco2)c2ccccc12. The van der Waals surface area contributed by atoms with Crippen molar-refractivity contribution >= 4 is 28.6 Å². The minimum absolute atomic E-state index is 0.0389. The standard InChI is InChI=1S/C19H16N2O6/c1-25-15-9-8-14(12-5-2-3-6-13(12)15)19(24)27-11-17(22)20-21-18(23)16-7-4-10-26-16/h2-10H,11H2,1H3,(H,20,22)(H,21,23). The van der Waals surface area contributed by atoms with Gasteiger partial charge in [0.1, 0.15) is 5.75 Å². The Kier molecular flexibility index (Phi) is 5.36. The van der Waals surface area contributed by atoms with Crippen LogP contribution in [0.1, 0.15) is 20.9 Å². The molecule has 0 spiro atoms. The number of hydrogen-bond donors (Lipinski definition) is 2. The van der Waals surface area contributed by atoms with Gasteiger partial charge in [0, 0.05) is 5.39 Å². The summed E-state index contributed by atoms with van der Waals surface area (Å²) in [6.45, 7) is -0.558. The van der Waals surface area contributed by atoms with Crippen molar-refractivity contribution in [3.05, 3.63) is 66.1 Å². The van der Waals surface area contributed by atoms with E-state index >= 15 is 0 Å². The van der Waals surface area contributed by atoms with E-state index in [1.165, 1.54) is 18.4 Å². The zero-order chi connectivity index (χ0) is 19.2. The number of carbonyl (C=O) groups excluding carboxylic acids is 3. The summed E-state index contributed by atoms with van der Waals surface area (Å²) in [6.07, 6.45) is 1.33. The molecule has 2 aromatic carbocycles. The van der Waals surface area contributed by atoms with Gasteiger partial charge < -0.3 is 13.9 Å². The Balaban J connectivity index is 1.60. The predicted molar refractivity (Wildman–Crippen MR) is 95.1 cm³/mol. The average molecular weight is 368 g/mol. The van der Waals surface area contributed by atoms with Crippen molar-refractivity contribution in [3.63, 3.8) is 0 Å². The molecule has 0 fully saturated rings. The van der Waals surface area contributed by atoms with Crippen molar-refractivity contribution in [1.29, 1.82) is 0 Å². The number of hydrogen-bond acceptors (Lipinski definition) is 6. The molecule has 8 heteroatoms. The van der Waals surface area contributed by atoms with E-state index in [0.717, 1.165) is 5.39 Å². The molecule has 0 saturated heterocycles. The van der Waals surface area contributed by atoms with Crippen LogP contribution >= 0.6 is 0 Å². The van der Waals surface area contributed by atoms with Gasteiger partial charge in [-0.05, 0) is 29.7 Å². The summed E-state index contributed by atoms with van der Waals surface area (Å²) in [5.74, 6) is -1.32. The monoisotopic (exact) mass is 368 g/mol. The van der Waals surface area contributed by atoms with Gasteiger partial charge in [-0.15, -0.1) is 0 Å². The molecule has 138 valence electrons. The van der Waals surface area contributed by atoms with Gasteiger partial charge in [-0.25, -0.2) is 4.79 Å². The largest absolute Gasteiger partial charge is 0.496 e. The topological polar surface area (TPSA) is 107 Å². The van der Waals surface area contributed by atoms with Crippen molar-refractivity contribution in [2.45, 2.75) is 0 Å². The average Bonchev–Trinajstić information content (AvgIpc) is 3.24. The predicted octanol–water partition coefficient (Wildman–Crippen LogP) is 2.06. The summed E-state index contributed by atoms with van der Waals surface area (Å²) < 4.78 is 15.2. The molecule has 0 radical (unpaired) electrons. The zero-order valence-corrected chi connectivity index (χ0v) is 14.4. The molecule has 0 unspecified atom stereocenters. The molecular formula is C19H16N2O6. The lowest BCUT2D eigenvalue weighted by atomic mass is 10.0. The lowest BCUT2D eigenvalue weighted by molar-refractivity contribution is -0.125. The smallest absolute Gasteiger partial charge is 0.339 e. The summed E-state index contributed by atoms with van der Waals surface area (Å²) in [5, 5.41) is 1.40. The van der Waals surface area contributed by atoms with Gasteiger partial charge in [-0.3, -0.25) is 20.4 Å². The van der Waals surface area contributed by atoms with Crippen molar-refractivity contribution in [2.24, 2.45) is 0 Å². The molecule has 0 bridgehead atoms. The second-order valence-electron chi connectivity index (χ2n) is 5.42. The van der Waals surface area contributed by atoms with Crippen molar-refractivity contribution in [3.8, 4) is 5.75 Å². The maximum absolute atomic E-state index is 12.3. The number of nitrogens with one attached hydrogen (secondary N) is 2. The van der Waals surface area contributed by atoms with Crippen LogP contribution in [0.15, 0.2) is 59.2 Å². The van der Waals surface area contributed by atoms with Gasteiger partial charge in [0.15, 0.2) is 12.4 Å². The lowest BCUT2D eigenvalue weighted by Gasteiger charge is -2.10. The quantitative estimate of drug-likeness (QED) is 0.527. The Morgan fingerprint density at radius 1 is 0.963 bits per heavy atom. The van der Waals surface area contributed by atoms with Crippen molar-refractivity contribution < 1.29 is 28.3 Å². The van der Waals surface area contributed by atoms with Crippen LogP contribution in [0.5, 0.6) is 5.75 Å². The molecule has 0 aliphatic heterocycles. The molecule has 3 rings (SSSR count). The first-order valence-electron chi connectivity index (χ1n) is 7.95. The first kappa shape index (κ1) is 18.0. The lowest BCUT2D eigenvalue weighted by Crippen LogP contribution is -2.43. The summed E-state index contributed by atoms with van der Waals surface area (Å²) in [4.78, 5) is 35.7. The molecule has 0 atom stereocenters. The highest BCUT2D eigenvalue weighted by atomic mass is 16.5. The van der Waals surface area contributed by atoms with Crippen LogP contribution in [0, 0.1) is 0 Å². The highest BCUT2D eigenvalue weighted by molar-refractivity contribution is 6.06. The summed E-state index contributed by atoms with van der Waals surface area (Å²) in [5.41, 5.74) is 4.59. The van der Waals surface area contributed by atoms with Gasteiger partial charge >= 0.3 is 11.9 Å². The molecule has 0 aliphatic carbocycles. The Labute approximate surface area is 154 Å². The van der Waals surface area contributed by atoms with Gasteiger partial charge in [0.05, 0.1) is 18.9 Å². The third-order valence-corrected chi connectivity index (χ3v) is 3.72. The number of hydrazine groups is 1. The number of furan rings is 1. The third-order valence-electron chi connectivity index (χ3n) is 3.72. The summed E-state index contributed by atoms with van der Waals surface area (Å²) in [7, 11) is 1.54. The van der Waals surface area contributed by atoms with Crippen molar-refractivity contribution in [2.75, 3.05) is 13.7 Å². The van der Waals surface area contributed by atoms with Crippen LogP contribution < -0.4 is 15.6 Å². The second-order valence-corrected chi connectivity index (χ2v) is 5.42. The Morgan fingerprint density at radius 2 is 1.74 bits per heavy atom. The second kappa shape index (κ2) is 8.05. The maximum Gasteiger partial charge on any atom is 0.339 e. The van der Waals surface area contributed by atoms with Gasteiger partial charge in [-0.1, -0.05) is 24.3 Å². The third kappa shape index (κ3) is 4.06. The van der Waals surface area contributed by atoms with E-state index in [2.05, 4.69) is 10.9 Å². The molecule has 27 heavy (non-hydrogen) atoms. The molecule has 1 aromatic heterocycles. The van der Waals surface area contributed by atoms with E-state index in [-0.39, 0.29) is 5.76 Å². The maximum atomic E-state index is 12.3. The highest BCUT2D eigenvalue weighted by Gasteiger charge is 2.16. The fourth-order valence-corrected chi connectivity index (χ4v) is 2.47. The number of benzene rings is 2. The number of fused-ring (bicyclic) bond motifs is 1. The molecule has 2 amide bonds. The number of amides is 2. The summed E-state index contributed by atoms with van der Waals surface area (Å²) in [6, 6.07) is 13.4. The van der Waals surface area contributed by atoms with Crippen LogP contribution in [-0.4, -0.2) is 31.5 Å². The van der Waals surface area contributed by atoms with E-state index < -0.39 is 24.4 Å².